The van der Waals surface area contributed by atoms with E-state index < -0.39 is 5.97 Å². The van der Waals surface area contributed by atoms with Crippen LogP contribution in [0.3, 0.4) is 0 Å². The second-order valence-electron chi connectivity index (χ2n) is 3.31. The molecule has 0 amide bonds. The summed E-state index contributed by atoms with van der Waals surface area (Å²) in [6.07, 6.45) is -0.123. The lowest BCUT2D eigenvalue weighted by atomic mass is 10.2. The van der Waals surface area contributed by atoms with Crippen LogP contribution in [0.25, 0.3) is 0 Å². The Morgan fingerprint density at radius 3 is 2.60 bits per heavy atom. The van der Waals surface area contributed by atoms with Gasteiger partial charge in [0, 0.05) is 0 Å². The number of aromatic hydroxyl groups is 1. The molecule has 15 heavy (non-hydrogen) atoms. The Labute approximate surface area is 88.4 Å². The molecule has 4 nitrogen and oxygen atoms in total. The van der Waals surface area contributed by atoms with Crippen molar-refractivity contribution in [3.05, 3.63) is 23.8 Å². The number of carbonyl (C=O) groups is 1. The van der Waals surface area contributed by atoms with E-state index in [0.717, 1.165) is 0 Å². The SMILES string of the molecule is COC(=O)c1cccc(O)c1OC(C)C. The first-order valence-electron chi connectivity index (χ1n) is 4.63. The van der Waals surface area contributed by atoms with Crippen LogP contribution in [-0.2, 0) is 4.74 Å². The van der Waals surface area contributed by atoms with E-state index in [1.165, 1.54) is 13.2 Å². The highest BCUT2D eigenvalue weighted by Gasteiger charge is 2.17. The third kappa shape index (κ3) is 2.62. The maximum absolute atomic E-state index is 11.4. The van der Waals surface area contributed by atoms with Crippen molar-refractivity contribution in [1.82, 2.24) is 0 Å². The van der Waals surface area contributed by atoms with Crippen LogP contribution in [0.5, 0.6) is 11.5 Å². The molecule has 0 saturated carbocycles. The highest BCUT2D eigenvalue weighted by Crippen LogP contribution is 2.31. The van der Waals surface area contributed by atoms with E-state index in [0.29, 0.717) is 0 Å². The van der Waals surface area contributed by atoms with Gasteiger partial charge in [0.15, 0.2) is 11.5 Å². The van der Waals surface area contributed by atoms with Gasteiger partial charge in [0.05, 0.1) is 13.2 Å². The van der Waals surface area contributed by atoms with Crippen LogP contribution in [0.15, 0.2) is 18.2 Å². The number of rotatable bonds is 3. The van der Waals surface area contributed by atoms with Crippen molar-refractivity contribution >= 4 is 5.97 Å². The molecule has 1 N–H and O–H groups in total. The summed E-state index contributed by atoms with van der Waals surface area (Å²) in [7, 11) is 1.28. The summed E-state index contributed by atoms with van der Waals surface area (Å²) < 4.78 is 9.93. The number of phenolic OH excluding ortho intramolecular Hbond substituents is 1. The second kappa shape index (κ2) is 4.68. The molecule has 0 unspecified atom stereocenters. The van der Waals surface area contributed by atoms with E-state index in [4.69, 9.17) is 4.74 Å². The fourth-order valence-corrected chi connectivity index (χ4v) is 1.16. The van der Waals surface area contributed by atoms with Crippen molar-refractivity contribution in [2.45, 2.75) is 20.0 Å². The van der Waals surface area contributed by atoms with Crippen LogP contribution < -0.4 is 4.74 Å². The van der Waals surface area contributed by atoms with Crippen LogP contribution in [-0.4, -0.2) is 24.3 Å². The van der Waals surface area contributed by atoms with Crippen molar-refractivity contribution < 1.29 is 19.4 Å². The molecule has 82 valence electrons. The van der Waals surface area contributed by atoms with Crippen molar-refractivity contribution in [3.63, 3.8) is 0 Å². The minimum Gasteiger partial charge on any atom is -0.504 e. The Hall–Kier alpha value is -1.71. The molecule has 1 rings (SSSR count). The molecule has 0 radical (unpaired) electrons. The zero-order chi connectivity index (χ0) is 11.4. The second-order valence-corrected chi connectivity index (χ2v) is 3.31. The fourth-order valence-electron chi connectivity index (χ4n) is 1.16. The number of ether oxygens (including phenoxy) is 2. The van der Waals surface area contributed by atoms with Gasteiger partial charge < -0.3 is 14.6 Å². The molecule has 0 spiro atoms. The first-order chi connectivity index (χ1) is 7.06. The maximum atomic E-state index is 11.4. The minimum absolute atomic E-state index is 0.0633. The number of carbonyl (C=O) groups excluding carboxylic acids is 1. The summed E-state index contributed by atoms with van der Waals surface area (Å²) in [5, 5.41) is 9.55. The van der Waals surface area contributed by atoms with Gasteiger partial charge in [-0.25, -0.2) is 4.79 Å². The van der Waals surface area contributed by atoms with E-state index in [1.54, 1.807) is 12.1 Å². The number of para-hydroxylation sites is 1. The number of benzene rings is 1. The van der Waals surface area contributed by atoms with Crippen LogP contribution in [0.2, 0.25) is 0 Å². The van der Waals surface area contributed by atoms with Gasteiger partial charge >= 0.3 is 5.97 Å². The largest absolute Gasteiger partial charge is 0.504 e. The number of hydrogen-bond donors (Lipinski definition) is 1. The van der Waals surface area contributed by atoms with Gasteiger partial charge in [-0.3, -0.25) is 0 Å². The summed E-state index contributed by atoms with van der Waals surface area (Å²) in [5.41, 5.74) is 0.228. The van der Waals surface area contributed by atoms with E-state index in [-0.39, 0.29) is 23.2 Å². The molecular weight excluding hydrogens is 196 g/mol. The Morgan fingerprint density at radius 2 is 2.07 bits per heavy atom. The van der Waals surface area contributed by atoms with Crippen LogP contribution in [0.1, 0.15) is 24.2 Å². The topological polar surface area (TPSA) is 55.8 Å². The molecule has 0 aliphatic rings. The zero-order valence-corrected chi connectivity index (χ0v) is 8.98. The summed E-state index contributed by atoms with van der Waals surface area (Å²) >= 11 is 0. The van der Waals surface area contributed by atoms with E-state index >= 15 is 0 Å². The molecule has 1 aromatic carbocycles. The van der Waals surface area contributed by atoms with E-state index in [9.17, 15) is 9.90 Å². The van der Waals surface area contributed by atoms with Gasteiger partial charge in [0.2, 0.25) is 0 Å². The smallest absolute Gasteiger partial charge is 0.341 e. The summed E-state index contributed by atoms with van der Waals surface area (Å²) in [5.74, 6) is -0.424. The Bertz CT molecular complexity index is 358. The molecule has 0 atom stereocenters. The van der Waals surface area contributed by atoms with Crippen LogP contribution in [0, 0.1) is 0 Å². The number of hydrogen-bond acceptors (Lipinski definition) is 4. The van der Waals surface area contributed by atoms with E-state index in [1.807, 2.05) is 13.8 Å². The minimum atomic E-state index is -0.526. The van der Waals surface area contributed by atoms with Gasteiger partial charge in [0.25, 0.3) is 0 Å². The lowest BCUT2D eigenvalue weighted by Gasteiger charge is -2.14. The molecule has 0 aliphatic carbocycles. The third-order valence-electron chi connectivity index (χ3n) is 1.75. The molecule has 0 saturated heterocycles. The third-order valence-corrected chi connectivity index (χ3v) is 1.75. The molecule has 0 fully saturated rings. The lowest BCUT2D eigenvalue weighted by Crippen LogP contribution is -2.11. The highest BCUT2D eigenvalue weighted by molar-refractivity contribution is 5.93. The van der Waals surface area contributed by atoms with Crippen LogP contribution in [0.4, 0.5) is 0 Å². The fraction of sp³-hybridized carbons (Fsp3) is 0.364. The standard InChI is InChI=1S/C11H14O4/c1-7(2)15-10-8(11(13)14-3)5-4-6-9(10)12/h4-7,12H,1-3H3. The van der Waals surface area contributed by atoms with Crippen molar-refractivity contribution in [2.24, 2.45) is 0 Å². The van der Waals surface area contributed by atoms with Crippen molar-refractivity contribution in [2.75, 3.05) is 7.11 Å². The predicted octanol–water partition coefficient (Wildman–Crippen LogP) is 1.97. The van der Waals surface area contributed by atoms with Gasteiger partial charge in [-0.1, -0.05) is 6.07 Å². The molecule has 0 aliphatic heterocycles. The Morgan fingerprint density at radius 1 is 1.40 bits per heavy atom. The van der Waals surface area contributed by atoms with Crippen molar-refractivity contribution in [3.8, 4) is 11.5 Å². The van der Waals surface area contributed by atoms with Gasteiger partial charge in [-0.05, 0) is 26.0 Å². The van der Waals surface area contributed by atoms with Gasteiger partial charge in [0.1, 0.15) is 5.56 Å². The molecule has 0 aromatic heterocycles. The molecule has 0 bridgehead atoms. The van der Waals surface area contributed by atoms with Crippen LogP contribution >= 0.6 is 0 Å². The average molecular weight is 210 g/mol. The molecule has 0 heterocycles. The molecule has 4 heteroatoms. The lowest BCUT2D eigenvalue weighted by molar-refractivity contribution is 0.0593. The number of methoxy groups -OCH3 is 1. The normalized spacial score (nSPS) is 10.1. The number of esters is 1. The monoisotopic (exact) mass is 210 g/mol. The highest BCUT2D eigenvalue weighted by atomic mass is 16.5. The van der Waals surface area contributed by atoms with Gasteiger partial charge in [-0.2, -0.15) is 0 Å². The first kappa shape index (κ1) is 11.4. The number of phenols is 1. The first-order valence-corrected chi connectivity index (χ1v) is 4.63. The summed E-state index contributed by atoms with van der Waals surface area (Å²) in [6.45, 7) is 3.63. The summed E-state index contributed by atoms with van der Waals surface area (Å²) in [6, 6.07) is 4.57. The Balaban J connectivity index is 3.14. The van der Waals surface area contributed by atoms with E-state index in [2.05, 4.69) is 4.74 Å². The predicted molar refractivity (Wildman–Crippen MR) is 55.2 cm³/mol. The van der Waals surface area contributed by atoms with Crippen molar-refractivity contribution in [1.29, 1.82) is 0 Å². The molecule has 1 aromatic rings. The zero-order valence-electron chi connectivity index (χ0n) is 8.98. The summed E-state index contributed by atoms with van der Waals surface area (Å²) in [4.78, 5) is 11.4. The maximum Gasteiger partial charge on any atom is 0.341 e. The average Bonchev–Trinajstić information content (AvgIpc) is 2.19. The Kier molecular flexibility index (Phi) is 3.55. The molecular formula is C11H14O4. The van der Waals surface area contributed by atoms with Gasteiger partial charge in [-0.15, -0.1) is 0 Å². The quantitative estimate of drug-likeness (QED) is 0.775.